The van der Waals surface area contributed by atoms with E-state index in [0.717, 1.165) is 54.4 Å². The highest BCUT2D eigenvalue weighted by Gasteiger charge is 2.23. The quantitative estimate of drug-likeness (QED) is 0.480. The predicted octanol–water partition coefficient (Wildman–Crippen LogP) is 2.86. The van der Waals surface area contributed by atoms with Crippen LogP contribution in [0.5, 0.6) is 5.75 Å². The molecule has 0 spiro atoms. The summed E-state index contributed by atoms with van der Waals surface area (Å²) < 4.78 is 5.35. The second-order valence-corrected chi connectivity index (χ2v) is 6.01. The molecule has 1 aliphatic heterocycles. The van der Waals surface area contributed by atoms with Gasteiger partial charge in [0.25, 0.3) is 0 Å². The highest BCUT2D eigenvalue weighted by Crippen LogP contribution is 2.32. The standard InChI is InChI=1S/C19H20N2O4/c1-2-21-10-4-5-14(21)11-13-12-20-15-6-3-7-16(19(13)15)25-18(24)9-8-17(22)23/h2-3,6-9,12,14,20H,1,4-5,10-11H2,(H,22,23)/b9-8-/t14-/m1/s1. The summed E-state index contributed by atoms with van der Waals surface area (Å²) in [6, 6.07) is 5.81. The number of carbonyl (C=O) groups excluding carboxylic acids is 1. The zero-order valence-electron chi connectivity index (χ0n) is 13.8. The van der Waals surface area contributed by atoms with Crippen LogP contribution in [0.3, 0.4) is 0 Å². The van der Waals surface area contributed by atoms with Crippen molar-refractivity contribution in [2.24, 2.45) is 0 Å². The van der Waals surface area contributed by atoms with Gasteiger partial charge in [-0.15, -0.1) is 0 Å². The molecular weight excluding hydrogens is 320 g/mol. The van der Waals surface area contributed by atoms with Crippen molar-refractivity contribution in [1.82, 2.24) is 9.88 Å². The largest absolute Gasteiger partial charge is 0.478 e. The van der Waals surface area contributed by atoms with Crippen molar-refractivity contribution in [2.75, 3.05) is 6.54 Å². The average molecular weight is 340 g/mol. The van der Waals surface area contributed by atoms with Crippen molar-refractivity contribution in [2.45, 2.75) is 25.3 Å². The lowest BCUT2D eigenvalue weighted by atomic mass is 10.0. The summed E-state index contributed by atoms with van der Waals surface area (Å²) in [5.41, 5.74) is 1.95. The first-order valence-electron chi connectivity index (χ1n) is 8.18. The van der Waals surface area contributed by atoms with Crippen LogP contribution in [-0.2, 0) is 16.0 Å². The molecule has 0 unspecified atom stereocenters. The lowest BCUT2D eigenvalue weighted by Crippen LogP contribution is -2.25. The van der Waals surface area contributed by atoms with Gasteiger partial charge in [0.15, 0.2) is 0 Å². The molecule has 1 aliphatic rings. The number of esters is 1. The molecule has 1 atom stereocenters. The van der Waals surface area contributed by atoms with E-state index in [1.807, 2.05) is 18.5 Å². The summed E-state index contributed by atoms with van der Waals surface area (Å²) in [6.45, 7) is 4.88. The van der Waals surface area contributed by atoms with Gasteiger partial charge >= 0.3 is 11.9 Å². The number of benzene rings is 1. The Bertz CT molecular complexity index is 837. The summed E-state index contributed by atoms with van der Waals surface area (Å²) in [4.78, 5) is 27.8. The summed E-state index contributed by atoms with van der Waals surface area (Å²) in [6.07, 6.45) is 8.55. The number of aromatic amines is 1. The number of ether oxygens (including phenoxy) is 1. The summed E-state index contributed by atoms with van der Waals surface area (Å²) in [7, 11) is 0. The molecule has 0 bridgehead atoms. The van der Waals surface area contributed by atoms with Crippen LogP contribution in [-0.4, -0.2) is 39.5 Å². The molecular formula is C19H20N2O4. The fourth-order valence-corrected chi connectivity index (χ4v) is 3.32. The first-order chi connectivity index (χ1) is 12.1. The van der Waals surface area contributed by atoms with Crippen LogP contribution >= 0.6 is 0 Å². The molecule has 0 amide bonds. The molecule has 1 aromatic carbocycles. The van der Waals surface area contributed by atoms with E-state index in [1.165, 1.54) is 0 Å². The minimum atomic E-state index is -1.19. The van der Waals surface area contributed by atoms with Crippen LogP contribution in [0.15, 0.2) is 49.3 Å². The second-order valence-electron chi connectivity index (χ2n) is 6.01. The van der Waals surface area contributed by atoms with Crippen LogP contribution in [0.4, 0.5) is 0 Å². The molecule has 6 heteroatoms. The SMILES string of the molecule is C=CN1CCC[C@@H]1Cc1c[nH]c2cccc(OC(=O)/C=C\C(=O)O)c12. The fraction of sp³-hybridized carbons (Fsp3) is 0.263. The molecule has 1 fully saturated rings. The molecule has 0 aliphatic carbocycles. The minimum absolute atomic E-state index is 0.382. The number of H-pyrrole nitrogens is 1. The number of rotatable bonds is 6. The van der Waals surface area contributed by atoms with Gasteiger partial charge in [0.1, 0.15) is 5.75 Å². The zero-order valence-corrected chi connectivity index (χ0v) is 13.8. The van der Waals surface area contributed by atoms with Gasteiger partial charge in [0.2, 0.25) is 0 Å². The highest BCUT2D eigenvalue weighted by atomic mass is 16.5. The number of hydrogen-bond donors (Lipinski definition) is 2. The maximum absolute atomic E-state index is 11.8. The third-order valence-electron chi connectivity index (χ3n) is 4.43. The number of nitrogens with zero attached hydrogens (tertiary/aromatic N) is 1. The normalized spacial score (nSPS) is 17.3. The Hall–Kier alpha value is -3.02. The fourth-order valence-electron chi connectivity index (χ4n) is 3.32. The van der Waals surface area contributed by atoms with Crippen LogP contribution < -0.4 is 4.74 Å². The Labute approximate surface area is 145 Å². The van der Waals surface area contributed by atoms with Gasteiger partial charge < -0.3 is 19.7 Å². The Morgan fingerprint density at radius 1 is 1.40 bits per heavy atom. The molecule has 1 aromatic heterocycles. The molecule has 0 radical (unpaired) electrons. The highest BCUT2D eigenvalue weighted by molar-refractivity contribution is 5.95. The topological polar surface area (TPSA) is 82.6 Å². The van der Waals surface area contributed by atoms with Gasteiger partial charge in [-0.3, -0.25) is 0 Å². The number of hydrogen-bond acceptors (Lipinski definition) is 4. The van der Waals surface area contributed by atoms with Gasteiger partial charge in [-0.25, -0.2) is 9.59 Å². The lowest BCUT2D eigenvalue weighted by Gasteiger charge is -2.22. The number of nitrogens with one attached hydrogen (secondary N) is 1. The van der Waals surface area contributed by atoms with Crippen molar-refractivity contribution in [1.29, 1.82) is 0 Å². The number of carboxylic acids is 1. The Kier molecular flexibility index (Phi) is 4.88. The predicted molar refractivity (Wildman–Crippen MR) is 94.3 cm³/mol. The van der Waals surface area contributed by atoms with Crippen LogP contribution in [0.25, 0.3) is 10.9 Å². The van der Waals surface area contributed by atoms with Crippen molar-refractivity contribution < 1.29 is 19.4 Å². The number of likely N-dealkylation sites (tertiary alicyclic amines) is 1. The first-order valence-corrected chi connectivity index (χ1v) is 8.18. The number of fused-ring (bicyclic) bond motifs is 1. The van der Waals surface area contributed by atoms with Gasteiger partial charge in [-0.05, 0) is 43.2 Å². The van der Waals surface area contributed by atoms with E-state index in [1.54, 1.807) is 12.1 Å². The van der Waals surface area contributed by atoms with E-state index in [0.29, 0.717) is 11.8 Å². The van der Waals surface area contributed by atoms with Crippen LogP contribution in [0.1, 0.15) is 18.4 Å². The smallest absolute Gasteiger partial charge is 0.336 e. The molecule has 0 saturated carbocycles. The van der Waals surface area contributed by atoms with E-state index in [4.69, 9.17) is 9.84 Å². The van der Waals surface area contributed by atoms with E-state index >= 15 is 0 Å². The maximum atomic E-state index is 11.8. The van der Waals surface area contributed by atoms with E-state index in [2.05, 4.69) is 16.5 Å². The Morgan fingerprint density at radius 2 is 2.24 bits per heavy atom. The van der Waals surface area contributed by atoms with Crippen molar-refractivity contribution >= 4 is 22.8 Å². The molecule has 1 saturated heterocycles. The Morgan fingerprint density at radius 3 is 3.00 bits per heavy atom. The summed E-state index contributed by atoms with van der Waals surface area (Å²) >= 11 is 0. The second kappa shape index (κ2) is 7.25. The van der Waals surface area contributed by atoms with Crippen molar-refractivity contribution in [3.8, 4) is 5.75 Å². The molecule has 6 nitrogen and oxygen atoms in total. The summed E-state index contributed by atoms with van der Waals surface area (Å²) in [5.74, 6) is -1.48. The maximum Gasteiger partial charge on any atom is 0.336 e. The van der Waals surface area contributed by atoms with Crippen LogP contribution in [0, 0.1) is 0 Å². The van der Waals surface area contributed by atoms with E-state index in [9.17, 15) is 9.59 Å². The monoisotopic (exact) mass is 340 g/mol. The lowest BCUT2D eigenvalue weighted by molar-refractivity contribution is -0.133. The molecule has 2 N–H and O–H groups in total. The van der Waals surface area contributed by atoms with E-state index < -0.39 is 11.9 Å². The summed E-state index contributed by atoms with van der Waals surface area (Å²) in [5, 5.41) is 9.46. The van der Waals surface area contributed by atoms with Gasteiger partial charge in [0.05, 0.1) is 0 Å². The van der Waals surface area contributed by atoms with Crippen molar-refractivity contribution in [3.63, 3.8) is 0 Å². The first kappa shape index (κ1) is 16.8. The third kappa shape index (κ3) is 3.74. The average Bonchev–Trinajstić information content (AvgIpc) is 3.21. The molecule has 2 aromatic rings. The third-order valence-corrected chi connectivity index (χ3v) is 4.43. The number of aromatic nitrogens is 1. The van der Waals surface area contributed by atoms with Gasteiger partial charge in [0, 0.05) is 41.8 Å². The molecule has 130 valence electrons. The number of carbonyl (C=O) groups is 2. The van der Waals surface area contributed by atoms with Crippen molar-refractivity contribution in [3.05, 3.63) is 54.9 Å². The molecule has 2 heterocycles. The minimum Gasteiger partial charge on any atom is -0.478 e. The zero-order chi connectivity index (χ0) is 17.8. The number of aliphatic carboxylic acids is 1. The van der Waals surface area contributed by atoms with Gasteiger partial charge in [-0.2, -0.15) is 0 Å². The van der Waals surface area contributed by atoms with Crippen LogP contribution in [0.2, 0.25) is 0 Å². The molecule has 3 rings (SSSR count). The van der Waals surface area contributed by atoms with E-state index in [-0.39, 0.29) is 0 Å². The Balaban J connectivity index is 1.87. The number of carboxylic acid groups (broad SMARTS) is 1. The van der Waals surface area contributed by atoms with Gasteiger partial charge in [-0.1, -0.05) is 12.6 Å². The molecule has 25 heavy (non-hydrogen) atoms.